The lowest BCUT2D eigenvalue weighted by molar-refractivity contribution is -0.139. The first kappa shape index (κ1) is 27.7. The summed E-state index contributed by atoms with van der Waals surface area (Å²) in [6.45, 7) is 2.87. The number of ether oxygens (including phenoxy) is 3. The number of hydrogen-bond donors (Lipinski definition) is 3. The summed E-state index contributed by atoms with van der Waals surface area (Å²) in [5, 5.41) is 9.50. The van der Waals surface area contributed by atoms with Gasteiger partial charge in [0.1, 0.15) is 0 Å². The maximum Gasteiger partial charge on any atom is 0.329 e. The first-order chi connectivity index (χ1) is 17.4. The molecule has 2 aromatic carbocycles. The molecule has 1 fully saturated rings. The standard InChI is InChI=1S/C24H26ClIN4O6/c1-2-34-20-11-15(12-28-30-24(33)23(32)27-13-16-6-5-9-35-16)10-18(26)22(20)36-14-21(31)29-19-8-4-3-7-17(19)25/h3-4,7-8,10-12,16H,2,5-6,9,13-14H2,1H3,(H,27,32)(H,29,31)(H,30,33)/b28-12-/t16-/m1/s1. The molecule has 0 bridgehead atoms. The van der Waals surface area contributed by atoms with Gasteiger partial charge in [0.15, 0.2) is 18.1 Å². The molecule has 3 rings (SSSR count). The second kappa shape index (κ2) is 14.0. The minimum absolute atomic E-state index is 0.0627. The van der Waals surface area contributed by atoms with Crippen molar-refractivity contribution in [3.05, 3.63) is 50.6 Å². The molecule has 0 aromatic heterocycles. The molecule has 1 aliphatic heterocycles. The van der Waals surface area contributed by atoms with Crippen LogP contribution in [0, 0.1) is 3.57 Å². The summed E-state index contributed by atoms with van der Waals surface area (Å²) in [6, 6.07) is 10.3. The molecular formula is C24H26ClIN4O6. The third kappa shape index (κ3) is 8.35. The highest BCUT2D eigenvalue weighted by Gasteiger charge is 2.19. The van der Waals surface area contributed by atoms with Crippen LogP contribution in [0.1, 0.15) is 25.3 Å². The second-order valence-electron chi connectivity index (χ2n) is 7.62. The third-order valence-corrected chi connectivity index (χ3v) is 6.06. The van der Waals surface area contributed by atoms with Crippen LogP contribution in [-0.2, 0) is 19.1 Å². The van der Waals surface area contributed by atoms with Crippen LogP contribution in [0.4, 0.5) is 5.69 Å². The van der Waals surface area contributed by atoms with E-state index in [-0.39, 0.29) is 25.2 Å². The number of amides is 3. The average molecular weight is 629 g/mol. The van der Waals surface area contributed by atoms with Gasteiger partial charge in [-0.3, -0.25) is 14.4 Å². The van der Waals surface area contributed by atoms with Gasteiger partial charge in [0, 0.05) is 13.2 Å². The molecule has 1 heterocycles. The van der Waals surface area contributed by atoms with Crippen molar-refractivity contribution in [3.63, 3.8) is 0 Å². The number of halogens is 2. The molecule has 0 unspecified atom stereocenters. The largest absolute Gasteiger partial charge is 0.490 e. The molecule has 10 nitrogen and oxygen atoms in total. The SMILES string of the molecule is CCOc1cc(/C=N\NC(=O)C(=O)NC[C@H]2CCCO2)cc(I)c1OCC(=O)Nc1ccccc1Cl. The van der Waals surface area contributed by atoms with Crippen molar-refractivity contribution in [1.82, 2.24) is 10.7 Å². The molecule has 0 spiro atoms. The van der Waals surface area contributed by atoms with E-state index in [9.17, 15) is 14.4 Å². The molecule has 192 valence electrons. The van der Waals surface area contributed by atoms with Crippen LogP contribution in [0.5, 0.6) is 11.5 Å². The minimum atomic E-state index is -0.881. The quantitative estimate of drug-likeness (QED) is 0.161. The van der Waals surface area contributed by atoms with Crippen molar-refractivity contribution in [1.29, 1.82) is 0 Å². The first-order valence-corrected chi connectivity index (χ1v) is 12.7. The first-order valence-electron chi connectivity index (χ1n) is 11.2. The Morgan fingerprint density at radius 2 is 2.03 bits per heavy atom. The smallest absolute Gasteiger partial charge is 0.329 e. The van der Waals surface area contributed by atoms with Gasteiger partial charge in [-0.05, 0) is 72.2 Å². The number of carbonyl (C=O) groups excluding carboxylic acids is 3. The Hall–Kier alpha value is -2.90. The Labute approximate surface area is 227 Å². The van der Waals surface area contributed by atoms with Crippen molar-refractivity contribution in [2.24, 2.45) is 5.10 Å². The Balaban J connectivity index is 1.57. The van der Waals surface area contributed by atoms with E-state index < -0.39 is 11.8 Å². The summed E-state index contributed by atoms with van der Waals surface area (Å²) in [5.74, 6) is -1.26. The van der Waals surface area contributed by atoms with Crippen LogP contribution < -0.4 is 25.5 Å². The highest BCUT2D eigenvalue weighted by molar-refractivity contribution is 14.1. The fraction of sp³-hybridized carbons (Fsp3) is 0.333. The van der Waals surface area contributed by atoms with Crippen LogP contribution in [-0.4, -0.2) is 56.4 Å². The van der Waals surface area contributed by atoms with E-state index in [4.69, 9.17) is 25.8 Å². The highest BCUT2D eigenvalue weighted by Crippen LogP contribution is 2.34. The van der Waals surface area contributed by atoms with E-state index in [1.807, 2.05) is 29.5 Å². The van der Waals surface area contributed by atoms with Crippen molar-refractivity contribution in [2.75, 3.05) is 31.7 Å². The number of nitrogens with one attached hydrogen (secondary N) is 3. The molecule has 1 saturated heterocycles. The normalized spacial score (nSPS) is 14.9. The van der Waals surface area contributed by atoms with Crippen LogP contribution in [0.2, 0.25) is 5.02 Å². The van der Waals surface area contributed by atoms with Crippen molar-refractivity contribution in [2.45, 2.75) is 25.9 Å². The topological polar surface area (TPSA) is 127 Å². The lowest BCUT2D eigenvalue weighted by Crippen LogP contribution is -2.41. The van der Waals surface area contributed by atoms with Crippen molar-refractivity contribution >= 4 is 63.8 Å². The average Bonchev–Trinajstić information content (AvgIpc) is 3.37. The molecule has 3 amide bonds. The predicted octanol–water partition coefficient (Wildman–Crippen LogP) is 3.11. The predicted molar refractivity (Wildman–Crippen MR) is 144 cm³/mol. The Morgan fingerprint density at radius 3 is 2.75 bits per heavy atom. The highest BCUT2D eigenvalue weighted by atomic mass is 127. The van der Waals surface area contributed by atoms with Gasteiger partial charge >= 0.3 is 11.8 Å². The molecular weight excluding hydrogens is 603 g/mol. The summed E-state index contributed by atoms with van der Waals surface area (Å²) >= 11 is 8.12. The molecule has 0 radical (unpaired) electrons. The van der Waals surface area contributed by atoms with Crippen molar-refractivity contribution < 1.29 is 28.6 Å². The van der Waals surface area contributed by atoms with Gasteiger partial charge in [-0.2, -0.15) is 5.10 Å². The maximum absolute atomic E-state index is 12.3. The fourth-order valence-corrected chi connectivity index (χ4v) is 4.22. The molecule has 0 saturated carbocycles. The zero-order valence-electron chi connectivity index (χ0n) is 19.5. The van der Waals surface area contributed by atoms with Gasteiger partial charge in [0.2, 0.25) is 0 Å². The lowest BCUT2D eigenvalue weighted by atomic mass is 10.2. The van der Waals surface area contributed by atoms with E-state index in [0.717, 1.165) is 12.8 Å². The number of rotatable bonds is 10. The molecule has 2 aromatic rings. The number of benzene rings is 2. The summed E-state index contributed by atoms with van der Waals surface area (Å²) in [4.78, 5) is 36.2. The second-order valence-corrected chi connectivity index (χ2v) is 9.19. The number of carbonyl (C=O) groups is 3. The summed E-state index contributed by atoms with van der Waals surface area (Å²) in [7, 11) is 0. The summed E-state index contributed by atoms with van der Waals surface area (Å²) in [5.41, 5.74) is 3.28. The summed E-state index contributed by atoms with van der Waals surface area (Å²) < 4.78 is 17.5. The Kier molecular flexibility index (Phi) is 10.8. The Bertz CT molecular complexity index is 1120. The van der Waals surface area contributed by atoms with Crippen LogP contribution >= 0.6 is 34.2 Å². The van der Waals surface area contributed by atoms with E-state index in [1.165, 1.54) is 6.21 Å². The monoisotopic (exact) mass is 628 g/mol. The molecule has 3 N–H and O–H groups in total. The zero-order valence-corrected chi connectivity index (χ0v) is 22.4. The Morgan fingerprint density at radius 1 is 1.22 bits per heavy atom. The van der Waals surface area contributed by atoms with Gasteiger partial charge in [0.05, 0.1) is 33.2 Å². The molecule has 36 heavy (non-hydrogen) atoms. The van der Waals surface area contributed by atoms with Crippen molar-refractivity contribution in [3.8, 4) is 11.5 Å². The molecule has 1 atom stereocenters. The minimum Gasteiger partial charge on any atom is -0.490 e. The van der Waals surface area contributed by atoms with Gasteiger partial charge in [-0.25, -0.2) is 5.43 Å². The van der Waals surface area contributed by atoms with Crippen LogP contribution in [0.25, 0.3) is 0 Å². The van der Waals surface area contributed by atoms with Gasteiger partial charge in [-0.1, -0.05) is 23.7 Å². The van der Waals surface area contributed by atoms with E-state index in [2.05, 4.69) is 21.2 Å². The molecule has 0 aliphatic carbocycles. The third-order valence-electron chi connectivity index (χ3n) is 4.93. The van der Waals surface area contributed by atoms with Gasteiger partial charge < -0.3 is 24.8 Å². The zero-order chi connectivity index (χ0) is 25.9. The van der Waals surface area contributed by atoms with E-state index >= 15 is 0 Å². The number of hydrogen-bond acceptors (Lipinski definition) is 7. The molecule has 1 aliphatic rings. The number of para-hydroxylation sites is 1. The van der Waals surface area contributed by atoms with Gasteiger partial charge in [0.25, 0.3) is 5.91 Å². The number of nitrogens with zero attached hydrogens (tertiary/aromatic N) is 1. The summed E-state index contributed by atoms with van der Waals surface area (Å²) in [6.07, 6.45) is 3.11. The van der Waals surface area contributed by atoms with E-state index in [1.54, 1.807) is 36.4 Å². The lowest BCUT2D eigenvalue weighted by Gasteiger charge is -2.15. The van der Waals surface area contributed by atoms with E-state index in [0.29, 0.717) is 44.6 Å². The molecule has 12 heteroatoms. The number of hydrazone groups is 1. The fourth-order valence-electron chi connectivity index (χ4n) is 3.26. The maximum atomic E-state index is 12.3. The van der Waals surface area contributed by atoms with Crippen LogP contribution in [0.15, 0.2) is 41.5 Å². The van der Waals surface area contributed by atoms with Gasteiger partial charge in [-0.15, -0.1) is 0 Å². The van der Waals surface area contributed by atoms with Crippen LogP contribution in [0.3, 0.4) is 0 Å². The number of anilines is 1.